The van der Waals surface area contributed by atoms with Gasteiger partial charge in [-0.25, -0.2) is 0 Å². The molecule has 0 aliphatic heterocycles. The van der Waals surface area contributed by atoms with Gasteiger partial charge < -0.3 is 4.90 Å². The van der Waals surface area contributed by atoms with Gasteiger partial charge in [0.25, 0.3) is 0 Å². The Labute approximate surface area is 50.8 Å². The van der Waals surface area contributed by atoms with Gasteiger partial charge in [0.2, 0.25) is 5.84 Å². The van der Waals surface area contributed by atoms with Crippen molar-refractivity contribution in [1.29, 1.82) is 5.41 Å². The van der Waals surface area contributed by atoms with E-state index in [0.29, 0.717) is 4.90 Å². The Hall–Kier alpha value is -0.740. The minimum absolute atomic E-state index is 0.708. The van der Waals surface area contributed by atoms with Gasteiger partial charge in [0.05, 0.1) is 0 Å². The maximum absolute atomic E-state index is 11.4. The second-order valence-electron chi connectivity index (χ2n) is 1.74. The minimum atomic E-state index is -4.51. The van der Waals surface area contributed by atoms with Crippen LogP contribution in [-0.2, 0) is 0 Å². The molecule has 0 heterocycles. The monoisotopic (exact) mass is 140 g/mol. The molecule has 0 aliphatic rings. The first-order valence-corrected chi connectivity index (χ1v) is 2.18. The molecule has 54 valence electrons. The standard InChI is InChI=1S/C4H7F3N2/c1-9(2)3(8)4(5,6)7/h8H,1-2H3. The van der Waals surface area contributed by atoms with Crippen LogP contribution < -0.4 is 0 Å². The number of hydrogen-bond donors (Lipinski definition) is 1. The van der Waals surface area contributed by atoms with Crippen molar-refractivity contribution in [2.45, 2.75) is 6.18 Å². The molecular weight excluding hydrogens is 133 g/mol. The Bertz CT molecular complexity index is 115. The van der Waals surface area contributed by atoms with Crippen LogP contribution in [-0.4, -0.2) is 31.0 Å². The fourth-order valence-electron chi connectivity index (χ4n) is 0.254. The first-order valence-electron chi connectivity index (χ1n) is 2.18. The summed E-state index contributed by atoms with van der Waals surface area (Å²) in [5.74, 6) is -1.33. The van der Waals surface area contributed by atoms with Gasteiger partial charge >= 0.3 is 6.18 Å². The van der Waals surface area contributed by atoms with Gasteiger partial charge in [-0.2, -0.15) is 13.2 Å². The fraction of sp³-hybridized carbons (Fsp3) is 0.750. The lowest BCUT2D eigenvalue weighted by atomic mass is 10.5. The normalized spacial score (nSPS) is 11.2. The zero-order valence-electron chi connectivity index (χ0n) is 5.08. The molecule has 0 aromatic carbocycles. The van der Waals surface area contributed by atoms with Crippen LogP contribution in [0.15, 0.2) is 0 Å². The average molecular weight is 140 g/mol. The number of alkyl halides is 3. The summed E-state index contributed by atoms with van der Waals surface area (Å²) in [6.45, 7) is 0. The predicted molar refractivity (Wildman–Crippen MR) is 27.5 cm³/mol. The van der Waals surface area contributed by atoms with Crippen molar-refractivity contribution < 1.29 is 13.2 Å². The first-order chi connectivity index (χ1) is 3.85. The molecule has 0 aromatic heterocycles. The van der Waals surface area contributed by atoms with Crippen molar-refractivity contribution in [2.75, 3.05) is 14.1 Å². The third-order valence-electron chi connectivity index (χ3n) is 0.716. The second kappa shape index (κ2) is 2.24. The van der Waals surface area contributed by atoms with E-state index in [1.807, 2.05) is 0 Å². The van der Waals surface area contributed by atoms with E-state index in [1.54, 1.807) is 0 Å². The summed E-state index contributed by atoms with van der Waals surface area (Å²) in [5.41, 5.74) is 0. The van der Waals surface area contributed by atoms with Gasteiger partial charge in [-0.1, -0.05) is 0 Å². The van der Waals surface area contributed by atoms with Crippen molar-refractivity contribution in [3.8, 4) is 0 Å². The lowest BCUT2D eigenvalue weighted by molar-refractivity contribution is -0.0677. The molecule has 0 amide bonds. The highest BCUT2D eigenvalue weighted by molar-refractivity contribution is 5.84. The Morgan fingerprint density at radius 1 is 1.33 bits per heavy atom. The Morgan fingerprint density at radius 2 is 1.67 bits per heavy atom. The molecule has 0 fully saturated rings. The number of rotatable bonds is 0. The topological polar surface area (TPSA) is 27.1 Å². The molecular formula is C4H7F3N2. The summed E-state index contributed by atoms with van der Waals surface area (Å²) in [6.07, 6.45) is -4.51. The Balaban J connectivity index is 4.06. The lowest BCUT2D eigenvalue weighted by Gasteiger charge is -2.15. The fourth-order valence-corrected chi connectivity index (χ4v) is 0.254. The zero-order chi connectivity index (χ0) is 7.65. The quantitative estimate of drug-likeness (QED) is 0.395. The second-order valence-corrected chi connectivity index (χ2v) is 1.74. The van der Waals surface area contributed by atoms with E-state index in [2.05, 4.69) is 0 Å². The molecule has 0 saturated carbocycles. The molecule has 0 saturated heterocycles. The molecule has 0 aromatic rings. The van der Waals surface area contributed by atoms with E-state index in [0.717, 1.165) is 0 Å². The summed E-state index contributed by atoms with van der Waals surface area (Å²) < 4.78 is 34.3. The number of halogens is 3. The van der Waals surface area contributed by atoms with Crippen LogP contribution in [0, 0.1) is 5.41 Å². The summed E-state index contributed by atoms with van der Waals surface area (Å²) in [6, 6.07) is 0. The van der Waals surface area contributed by atoms with E-state index in [1.165, 1.54) is 14.1 Å². The van der Waals surface area contributed by atoms with Gasteiger partial charge in [-0.05, 0) is 0 Å². The van der Waals surface area contributed by atoms with Crippen LogP contribution in [0.1, 0.15) is 0 Å². The van der Waals surface area contributed by atoms with E-state index >= 15 is 0 Å². The van der Waals surface area contributed by atoms with Crippen LogP contribution in [0.5, 0.6) is 0 Å². The zero-order valence-corrected chi connectivity index (χ0v) is 5.08. The highest BCUT2D eigenvalue weighted by atomic mass is 19.4. The van der Waals surface area contributed by atoms with Gasteiger partial charge in [0.1, 0.15) is 0 Å². The molecule has 2 nitrogen and oxygen atoms in total. The summed E-state index contributed by atoms with van der Waals surface area (Å²) in [7, 11) is 2.35. The highest BCUT2D eigenvalue weighted by Gasteiger charge is 2.35. The van der Waals surface area contributed by atoms with Crippen LogP contribution in [0.3, 0.4) is 0 Å². The summed E-state index contributed by atoms with van der Waals surface area (Å²) in [4.78, 5) is 0.708. The Morgan fingerprint density at radius 3 is 1.67 bits per heavy atom. The van der Waals surface area contributed by atoms with Gasteiger partial charge in [0, 0.05) is 14.1 Å². The van der Waals surface area contributed by atoms with Crippen molar-refractivity contribution in [3.05, 3.63) is 0 Å². The van der Waals surface area contributed by atoms with Gasteiger partial charge in [0.15, 0.2) is 0 Å². The Kier molecular flexibility index (Phi) is 2.06. The minimum Gasteiger partial charge on any atom is -0.359 e. The van der Waals surface area contributed by atoms with Crippen molar-refractivity contribution >= 4 is 5.84 Å². The van der Waals surface area contributed by atoms with E-state index < -0.39 is 12.0 Å². The molecule has 0 aliphatic carbocycles. The van der Waals surface area contributed by atoms with E-state index in [-0.39, 0.29) is 0 Å². The first kappa shape index (κ1) is 8.26. The van der Waals surface area contributed by atoms with Crippen LogP contribution in [0.25, 0.3) is 0 Å². The summed E-state index contributed by atoms with van der Waals surface area (Å²) in [5, 5.41) is 6.40. The van der Waals surface area contributed by atoms with Crippen LogP contribution in [0.4, 0.5) is 13.2 Å². The summed E-state index contributed by atoms with van der Waals surface area (Å²) >= 11 is 0. The van der Waals surface area contributed by atoms with E-state index in [9.17, 15) is 13.2 Å². The van der Waals surface area contributed by atoms with Crippen LogP contribution in [0.2, 0.25) is 0 Å². The van der Waals surface area contributed by atoms with Gasteiger partial charge in [-0.15, -0.1) is 0 Å². The molecule has 9 heavy (non-hydrogen) atoms. The van der Waals surface area contributed by atoms with Crippen molar-refractivity contribution in [1.82, 2.24) is 4.90 Å². The van der Waals surface area contributed by atoms with Crippen molar-refractivity contribution in [2.24, 2.45) is 0 Å². The molecule has 0 atom stereocenters. The SMILES string of the molecule is CN(C)C(=N)C(F)(F)F. The number of nitrogens with one attached hydrogen (secondary N) is 1. The largest absolute Gasteiger partial charge is 0.448 e. The number of amidine groups is 1. The van der Waals surface area contributed by atoms with E-state index in [4.69, 9.17) is 5.41 Å². The average Bonchev–Trinajstić information content (AvgIpc) is 1.62. The molecule has 5 heteroatoms. The molecule has 0 spiro atoms. The maximum Gasteiger partial charge on any atom is 0.448 e. The maximum atomic E-state index is 11.4. The number of nitrogens with zero attached hydrogens (tertiary/aromatic N) is 1. The highest BCUT2D eigenvalue weighted by Crippen LogP contribution is 2.16. The molecule has 0 unspecified atom stereocenters. The van der Waals surface area contributed by atoms with Crippen molar-refractivity contribution in [3.63, 3.8) is 0 Å². The molecule has 0 radical (unpaired) electrons. The predicted octanol–water partition coefficient (Wildman–Crippen LogP) is 1.09. The van der Waals surface area contributed by atoms with Gasteiger partial charge in [-0.3, -0.25) is 5.41 Å². The lowest BCUT2D eigenvalue weighted by Crippen LogP contribution is -2.34. The molecule has 0 bridgehead atoms. The molecule has 1 N–H and O–H groups in total. The smallest absolute Gasteiger partial charge is 0.359 e. The number of hydrogen-bond acceptors (Lipinski definition) is 1. The third kappa shape index (κ3) is 2.34. The molecule has 0 rings (SSSR count). The van der Waals surface area contributed by atoms with Crippen LogP contribution >= 0.6 is 0 Å². The third-order valence-corrected chi connectivity index (χ3v) is 0.716.